The van der Waals surface area contributed by atoms with Crippen LogP contribution in [0.15, 0.2) is 24.3 Å². The van der Waals surface area contributed by atoms with Gasteiger partial charge in [0.05, 0.1) is 5.92 Å². The maximum Gasteiger partial charge on any atom is 0.227 e. The molecule has 14 heavy (non-hydrogen) atoms. The van der Waals surface area contributed by atoms with Crippen molar-refractivity contribution < 1.29 is 4.92 Å². The molecular formula is C11H13NO2. The van der Waals surface area contributed by atoms with Crippen LogP contribution in [0.3, 0.4) is 0 Å². The van der Waals surface area contributed by atoms with Crippen LogP contribution in [0.25, 0.3) is 0 Å². The number of rotatable bonds is 2. The van der Waals surface area contributed by atoms with Gasteiger partial charge in [-0.2, -0.15) is 0 Å². The molecule has 1 fully saturated rings. The number of nitrogens with zero attached hydrogens (tertiary/aromatic N) is 1. The van der Waals surface area contributed by atoms with E-state index in [1.165, 1.54) is 5.56 Å². The van der Waals surface area contributed by atoms with Gasteiger partial charge in [0.15, 0.2) is 0 Å². The van der Waals surface area contributed by atoms with Gasteiger partial charge in [0.1, 0.15) is 0 Å². The van der Waals surface area contributed by atoms with E-state index in [1.54, 1.807) is 6.92 Å². The van der Waals surface area contributed by atoms with Crippen molar-refractivity contribution in [3.63, 3.8) is 0 Å². The summed E-state index contributed by atoms with van der Waals surface area (Å²) in [4.78, 5) is 10.6. The normalized spacial score (nSPS) is 30.0. The van der Waals surface area contributed by atoms with Crippen LogP contribution >= 0.6 is 0 Å². The molecule has 0 amide bonds. The van der Waals surface area contributed by atoms with Crippen molar-refractivity contribution in [1.82, 2.24) is 0 Å². The third kappa shape index (κ3) is 1.29. The maximum absolute atomic E-state index is 10.7. The van der Waals surface area contributed by atoms with E-state index in [-0.39, 0.29) is 10.8 Å². The van der Waals surface area contributed by atoms with Crippen molar-refractivity contribution in [3.05, 3.63) is 45.5 Å². The second-order valence-corrected chi connectivity index (χ2v) is 4.28. The monoisotopic (exact) mass is 191 g/mol. The number of benzene rings is 1. The van der Waals surface area contributed by atoms with Crippen LogP contribution in [0.4, 0.5) is 0 Å². The summed E-state index contributed by atoms with van der Waals surface area (Å²) in [6, 6.07) is 8.01. The van der Waals surface area contributed by atoms with E-state index < -0.39 is 5.54 Å². The Morgan fingerprint density at radius 2 is 2.00 bits per heavy atom. The molecule has 2 atom stereocenters. The van der Waals surface area contributed by atoms with Gasteiger partial charge in [0.2, 0.25) is 5.54 Å². The summed E-state index contributed by atoms with van der Waals surface area (Å²) in [5.41, 5.74) is 1.57. The molecule has 0 saturated heterocycles. The Hall–Kier alpha value is -1.38. The minimum absolute atomic E-state index is 0.109. The zero-order valence-corrected chi connectivity index (χ0v) is 8.36. The molecule has 3 nitrogen and oxygen atoms in total. The average Bonchev–Trinajstić information content (AvgIpc) is 2.81. The standard InChI is InChI=1S/C11H13NO2/c1-8-3-5-9(6-4-8)10-7-11(10,2)12(13)14/h3-6,10H,7H2,1-2H3. The van der Waals surface area contributed by atoms with Gasteiger partial charge in [0, 0.05) is 18.3 Å². The predicted octanol–water partition coefficient (Wildman–Crippen LogP) is 2.52. The highest BCUT2D eigenvalue weighted by molar-refractivity contribution is 5.32. The molecule has 2 rings (SSSR count). The summed E-state index contributed by atoms with van der Waals surface area (Å²) >= 11 is 0. The van der Waals surface area contributed by atoms with Gasteiger partial charge in [-0.15, -0.1) is 0 Å². The quantitative estimate of drug-likeness (QED) is 0.532. The molecule has 2 unspecified atom stereocenters. The second-order valence-electron chi connectivity index (χ2n) is 4.28. The van der Waals surface area contributed by atoms with Crippen LogP contribution in [0.5, 0.6) is 0 Å². The first kappa shape index (κ1) is 9.19. The maximum atomic E-state index is 10.7. The molecule has 0 radical (unpaired) electrons. The van der Waals surface area contributed by atoms with E-state index >= 15 is 0 Å². The van der Waals surface area contributed by atoms with Crippen molar-refractivity contribution in [3.8, 4) is 0 Å². The molecule has 1 aromatic carbocycles. The van der Waals surface area contributed by atoms with Gasteiger partial charge in [-0.05, 0) is 12.5 Å². The molecule has 0 bridgehead atoms. The lowest BCUT2D eigenvalue weighted by Gasteiger charge is -2.03. The van der Waals surface area contributed by atoms with E-state index in [9.17, 15) is 10.1 Å². The summed E-state index contributed by atoms with van der Waals surface area (Å²) < 4.78 is 0. The Labute approximate surface area is 82.9 Å². The van der Waals surface area contributed by atoms with Crippen LogP contribution in [0.1, 0.15) is 30.4 Å². The minimum Gasteiger partial charge on any atom is -0.264 e. The Morgan fingerprint density at radius 3 is 2.43 bits per heavy atom. The number of nitro groups is 1. The fourth-order valence-electron chi connectivity index (χ4n) is 1.83. The fraction of sp³-hybridized carbons (Fsp3) is 0.455. The third-order valence-corrected chi connectivity index (χ3v) is 3.10. The number of hydrogen-bond acceptors (Lipinski definition) is 2. The van der Waals surface area contributed by atoms with E-state index in [0.29, 0.717) is 6.42 Å². The molecule has 3 heteroatoms. The first-order chi connectivity index (χ1) is 6.54. The molecule has 0 N–H and O–H groups in total. The lowest BCUT2D eigenvalue weighted by molar-refractivity contribution is -0.535. The minimum atomic E-state index is -0.713. The largest absolute Gasteiger partial charge is 0.264 e. The highest BCUT2D eigenvalue weighted by Gasteiger charge is 2.62. The molecule has 1 aliphatic rings. The first-order valence-electron chi connectivity index (χ1n) is 4.75. The summed E-state index contributed by atoms with van der Waals surface area (Å²) in [6.45, 7) is 3.74. The van der Waals surface area contributed by atoms with Gasteiger partial charge in [-0.25, -0.2) is 0 Å². The Balaban J connectivity index is 2.21. The summed E-state index contributed by atoms with van der Waals surface area (Å²) in [7, 11) is 0. The highest BCUT2D eigenvalue weighted by Crippen LogP contribution is 2.53. The van der Waals surface area contributed by atoms with Gasteiger partial charge in [-0.3, -0.25) is 10.1 Å². The summed E-state index contributed by atoms with van der Waals surface area (Å²) in [6.07, 6.45) is 0.670. The number of aryl methyl sites for hydroxylation is 1. The molecule has 0 heterocycles. The molecule has 0 spiro atoms. The second kappa shape index (κ2) is 2.80. The summed E-state index contributed by atoms with van der Waals surface area (Å²) in [5.74, 6) is 0.109. The first-order valence-corrected chi connectivity index (χ1v) is 4.75. The van der Waals surface area contributed by atoms with Crippen LogP contribution < -0.4 is 0 Å². The SMILES string of the molecule is Cc1ccc(C2CC2(C)[N+](=O)[O-])cc1. The van der Waals surface area contributed by atoms with Crippen molar-refractivity contribution in [1.29, 1.82) is 0 Å². The van der Waals surface area contributed by atoms with Crippen molar-refractivity contribution in [2.75, 3.05) is 0 Å². The van der Waals surface area contributed by atoms with E-state index in [1.807, 2.05) is 31.2 Å². The van der Waals surface area contributed by atoms with Crippen molar-refractivity contribution in [2.45, 2.75) is 31.7 Å². The van der Waals surface area contributed by atoms with Crippen LogP contribution in [-0.4, -0.2) is 10.5 Å². The van der Waals surface area contributed by atoms with Crippen molar-refractivity contribution >= 4 is 0 Å². The van der Waals surface area contributed by atoms with Crippen LogP contribution in [0.2, 0.25) is 0 Å². The van der Waals surface area contributed by atoms with E-state index in [2.05, 4.69) is 0 Å². The zero-order valence-electron chi connectivity index (χ0n) is 8.36. The topological polar surface area (TPSA) is 43.1 Å². The molecule has 0 aromatic heterocycles. The van der Waals surface area contributed by atoms with Gasteiger partial charge >= 0.3 is 0 Å². The molecule has 74 valence electrons. The fourth-order valence-corrected chi connectivity index (χ4v) is 1.83. The van der Waals surface area contributed by atoms with Gasteiger partial charge in [-0.1, -0.05) is 29.8 Å². The smallest absolute Gasteiger partial charge is 0.227 e. The highest BCUT2D eigenvalue weighted by atomic mass is 16.6. The number of hydrogen-bond donors (Lipinski definition) is 0. The average molecular weight is 191 g/mol. The third-order valence-electron chi connectivity index (χ3n) is 3.10. The molecule has 0 aliphatic heterocycles. The zero-order chi connectivity index (χ0) is 10.3. The molecule has 1 aliphatic carbocycles. The summed E-state index contributed by atoms with van der Waals surface area (Å²) in [5, 5.41) is 10.7. The van der Waals surface area contributed by atoms with Crippen LogP contribution in [-0.2, 0) is 0 Å². The molecule has 1 aromatic rings. The lowest BCUT2D eigenvalue weighted by Crippen LogP contribution is -2.18. The Kier molecular flexibility index (Phi) is 1.84. The van der Waals surface area contributed by atoms with E-state index in [4.69, 9.17) is 0 Å². The van der Waals surface area contributed by atoms with Crippen LogP contribution in [0, 0.1) is 17.0 Å². The lowest BCUT2D eigenvalue weighted by atomic mass is 10.1. The molecule has 1 saturated carbocycles. The Bertz CT molecular complexity index is 371. The van der Waals surface area contributed by atoms with E-state index in [0.717, 1.165) is 5.56 Å². The molecular weight excluding hydrogens is 178 g/mol. The Morgan fingerprint density at radius 1 is 1.43 bits per heavy atom. The van der Waals surface area contributed by atoms with Crippen molar-refractivity contribution in [2.24, 2.45) is 0 Å². The van der Waals surface area contributed by atoms with Gasteiger partial charge in [0.25, 0.3) is 0 Å². The predicted molar refractivity (Wildman–Crippen MR) is 53.9 cm³/mol. The van der Waals surface area contributed by atoms with Gasteiger partial charge < -0.3 is 0 Å².